The Hall–Kier alpha value is -1.71. The molecule has 19 heavy (non-hydrogen) atoms. The van der Waals surface area contributed by atoms with Crippen molar-refractivity contribution in [2.24, 2.45) is 5.92 Å². The summed E-state index contributed by atoms with van der Waals surface area (Å²) in [5.74, 6) is 1.47. The van der Waals surface area contributed by atoms with Crippen LogP contribution in [0, 0.1) is 12.8 Å². The number of urea groups is 1. The Labute approximate surface area is 115 Å². The van der Waals surface area contributed by atoms with Crippen molar-refractivity contribution >= 4 is 6.03 Å². The predicted octanol–water partition coefficient (Wildman–Crippen LogP) is 2.72. The second-order valence-corrected chi connectivity index (χ2v) is 4.98. The van der Waals surface area contributed by atoms with Crippen LogP contribution in [-0.4, -0.2) is 25.7 Å². The summed E-state index contributed by atoms with van der Waals surface area (Å²) in [6, 6.07) is 7.71. The maximum absolute atomic E-state index is 11.4. The molecule has 106 valence electrons. The number of hydrogen-bond acceptors (Lipinski definition) is 2. The number of amides is 2. The first kappa shape index (κ1) is 15.3. The van der Waals surface area contributed by atoms with Gasteiger partial charge in [0.2, 0.25) is 0 Å². The van der Waals surface area contributed by atoms with Gasteiger partial charge in [0.15, 0.2) is 0 Å². The quantitative estimate of drug-likeness (QED) is 0.744. The summed E-state index contributed by atoms with van der Waals surface area (Å²) in [6.07, 6.45) is 0.993. The molecule has 0 heterocycles. The molecule has 4 heteroatoms. The third-order valence-corrected chi connectivity index (χ3v) is 2.75. The summed E-state index contributed by atoms with van der Waals surface area (Å²) in [5.41, 5.74) is 1.10. The number of ether oxygens (including phenoxy) is 1. The topological polar surface area (TPSA) is 50.4 Å². The van der Waals surface area contributed by atoms with Gasteiger partial charge in [-0.2, -0.15) is 0 Å². The molecule has 1 rings (SSSR count). The van der Waals surface area contributed by atoms with Crippen LogP contribution in [0.4, 0.5) is 4.79 Å². The first-order valence-corrected chi connectivity index (χ1v) is 6.79. The first-order chi connectivity index (χ1) is 9.09. The van der Waals surface area contributed by atoms with E-state index in [2.05, 4.69) is 24.5 Å². The largest absolute Gasteiger partial charge is 0.491 e. The van der Waals surface area contributed by atoms with Gasteiger partial charge in [0.1, 0.15) is 12.4 Å². The molecule has 4 nitrogen and oxygen atoms in total. The lowest BCUT2D eigenvalue weighted by Gasteiger charge is -2.11. The minimum absolute atomic E-state index is 0.131. The standard InChI is InChI=1S/C15H24N2O2/c1-12(2)8-9-16-15(18)17-10-11-19-14-7-5-4-6-13(14)3/h4-7,12H,8-11H2,1-3H3,(H2,16,17,18). The molecule has 2 amide bonds. The summed E-state index contributed by atoms with van der Waals surface area (Å²) in [4.78, 5) is 11.4. The van der Waals surface area contributed by atoms with Crippen molar-refractivity contribution in [2.45, 2.75) is 27.2 Å². The van der Waals surface area contributed by atoms with E-state index in [9.17, 15) is 4.79 Å². The summed E-state index contributed by atoms with van der Waals surface area (Å²) < 4.78 is 5.59. The van der Waals surface area contributed by atoms with Crippen molar-refractivity contribution in [2.75, 3.05) is 19.7 Å². The highest BCUT2D eigenvalue weighted by atomic mass is 16.5. The fourth-order valence-corrected chi connectivity index (χ4v) is 1.58. The fourth-order valence-electron chi connectivity index (χ4n) is 1.58. The Kier molecular flexibility index (Phi) is 6.79. The minimum atomic E-state index is -0.131. The smallest absolute Gasteiger partial charge is 0.314 e. The Morgan fingerprint density at radius 2 is 1.89 bits per heavy atom. The molecular weight excluding hydrogens is 240 g/mol. The fraction of sp³-hybridized carbons (Fsp3) is 0.533. The summed E-state index contributed by atoms with van der Waals surface area (Å²) in [5, 5.41) is 5.59. The van der Waals surface area contributed by atoms with Crippen molar-refractivity contribution in [1.29, 1.82) is 0 Å². The number of aryl methyl sites for hydroxylation is 1. The van der Waals surface area contributed by atoms with Gasteiger partial charge in [-0.25, -0.2) is 4.79 Å². The van der Waals surface area contributed by atoms with E-state index in [1.54, 1.807) is 0 Å². The van der Waals surface area contributed by atoms with E-state index < -0.39 is 0 Å². The van der Waals surface area contributed by atoms with Gasteiger partial charge >= 0.3 is 6.03 Å². The third-order valence-electron chi connectivity index (χ3n) is 2.75. The van der Waals surface area contributed by atoms with E-state index in [0.717, 1.165) is 17.7 Å². The molecule has 1 aromatic rings. The second-order valence-electron chi connectivity index (χ2n) is 4.98. The lowest BCUT2D eigenvalue weighted by molar-refractivity contribution is 0.236. The lowest BCUT2D eigenvalue weighted by atomic mass is 10.1. The van der Waals surface area contributed by atoms with Gasteiger partial charge < -0.3 is 15.4 Å². The van der Waals surface area contributed by atoms with Crippen LogP contribution in [0.1, 0.15) is 25.8 Å². The van der Waals surface area contributed by atoms with E-state index in [4.69, 9.17) is 4.74 Å². The lowest BCUT2D eigenvalue weighted by Crippen LogP contribution is -2.38. The maximum atomic E-state index is 11.4. The van der Waals surface area contributed by atoms with Crippen molar-refractivity contribution in [3.63, 3.8) is 0 Å². The first-order valence-electron chi connectivity index (χ1n) is 6.79. The van der Waals surface area contributed by atoms with Gasteiger partial charge in [-0.15, -0.1) is 0 Å². The van der Waals surface area contributed by atoms with Gasteiger partial charge in [0.05, 0.1) is 6.54 Å². The number of benzene rings is 1. The number of hydrogen-bond donors (Lipinski definition) is 2. The summed E-state index contributed by atoms with van der Waals surface area (Å²) in [7, 11) is 0. The van der Waals surface area contributed by atoms with Crippen LogP contribution in [0.15, 0.2) is 24.3 Å². The predicted molar refractivity (Wildman–Crippen MR) is 77.5 cm³/mol. The van der Waals surface area contributed by atoms with E-state index in [0.29, 0.717) is 25.6 Å². The molecule has 2 N–H and O–H groups in total. The molecule has 0 saturated carbocycles. The van der Waals surface area contributed by atoms with Crippen molar-refractivity contribution in [1.82, 2.24) is 10.6 Å². The molecule has 0 aliphatic rings. The van der Waals surface area contributed by atoms with Crippen LogP contribution >= 0.6 is 0 Å². The number of rotatable bonds is 7. The van der Waals surface area contributed by atoms with E-state index >= 15 is 0 Å². The van der Waals surface area contributed by atoms with Gasteiger partial charge in [0.25, 0.3) is 0 Å². The van der Waals surface area contributed by atoms with Gasteiger partial charge in [-0.05, 0) is 30.9 Å². The zero-order chi connectivity index (χ0) is 14.1. The molecular formula is C15H24N2O2. The molecule has 0 aliphatic heterocycles. The van der Waals surface area contributed by atoms with Crippen molar-refractivity contribution in [3.8, 4) is 5.75 Å². The van der Waals surface area contributed by atoms with E-state index in [1.807, 2.05) is 31.2 Å². The number of carbonyl (C=O) groups excluding carboxylic acids is 1. The van der Waals surface area contributed by atoms with Crippen LogP contribution < -0.4 is 15.4 Å². The van der Waals surface area contributed by atoms with Crippen LogP contribution in [-0.2, 0) is 0 Å². The average Bonchev–Trinajstić information content (AvgIpc) is 2.36. The molecule has 0 aliphatic carbocycles. The van der Waals surface area contributed by atoms with Crippen LogP contribution in [0.3, 0.4) is 0 Å². The summed E-state index contributed by atoms with van der Waals surface area (Å²) in [6.45, 7) is 7.96. The van der Waals surface area contributed by atoms with Gasteiger partial charge in [0, 0.05) is 6.54 Å². The molecule has 0 bridgehead atoms. The molecule has 0 spiro atoms. The van der Waals surface area contributed by atoms with E-state index in [1.165, 1.54) is 0 Å². The molecule has 0 unspecified atom stereocenters. The monoisotopic (exact) mass is 264 g/mol. The molecule has 0 saturated heterocycles. The molecule has 0 aromatic heterocycles. The Bertz CT molecular complexity index is 391. The van der Waals surface area contributed by atoms with Crippen LogP contribution in [0.5, 0.6) is 5.75 Å². The average molecular weight is 264 g/mol. The zero-order valence-electron chi connectivity index (χ0n) is 12.0. The number of para-hydroxylation sites is 1. The van der Waals surface area contributed by atoms with Crippen LogP contribution in [0.2, 0.25) is 0 Å². The zero-order valence-corrected chi connectivity index (χ0v) is 12.0. The van der Waals surface area contributed by atoms with Crippen LogP contribution in [0.25, 0.3) is 0 Å². The SMILES string of the molecule is Cc1ccccc1OCCNC(=O)NCCC(C)C. The molecule has 1 aromatic carbocycles. The third kappa shape index (κ3) is 6.70. The highest BCUT2D eigenvalue weighted by Crippen LogP contribution is 2.15. The van der Waals surface area contributed by atoms with Crippen molar-refractivity contribution < 1.29 is 9.53 Å². The minimum Gasteiger partial charge on any atom is -0.491 e. The maximum Gasteiger partial charge on any atom is 0.314 e. The molecule has 0 radical (unpaired) electrons. The van der Waals surface area contributed by atoms with Gasteiger partial charge in [-0.3, -0.25) is 0 Å². The highest BCUT2D eigenvalue weighted by Gasteiger charge is 2.01. The van der Waals surface area contributed by atoms with Gasteiger partial charge in [-0.1, -0.05) is 32.0 Å². The number of nitrogens with one attached hydrogen (secondary N) is 2. The Morgan fingerprint density at radius 3 is 2.58 bits per heavy atom. The molecule has 0 fully saturated rings. The second kappa shape index (κ2) is 8.40. The van der Waals surface area contributed by atoms with Crippen molar-refractivity contribution in [3.05, 3.63) is 29.8 Å². The Morgan fingerprint density at radius 1 is 1.21 bits per heavy atom. The Balaban J connectivity index is 2.10. The van der Waals surface area contributed by atoms with E-state index in [-0.39, 0.29) is 6.03 Å². The summed E-state index contributed by atoms with van der Waals surface area (Å²) >= 11 is 0. The molecule has 0 atom stereocenters. The normalized spacial score (nSPS) is 10.3. The highest BCUT2D eigenvalue weighted by molar-refractivity contribution is 5.73. The number of carbonyl (C=O) groups is 1.